The minimum absolute atomic E-state index is 0.102. The van der Waals surface area contributed by atoms with Crippen molar-refractivity contribution in [3.05, 3.63) is 93.1 Å². The van der Waals surface area contributed by atoms with Crippen molar-refractivity contribution < 1.29 is 14.3 Å². The summed E-state index contributed by atoms with van der Waals surface area (Å²) in [4.78, 5) is 15.2. The Kier molecular flexibility index (Phi) is 6.66. The molecule has 1 aliphatic heterocycles. The smallest absolute Gasteiger partial charge is 0.231 e. The Bertz CT molecular complexity index is 1150. The number of benzene rings is 3. The summed E-state index contributed by atoms with van der Waals surface area (Å²) in [5.41, 5.74) is 4.57. The van der Waals surface area contributed by atoms with Crippen molar-refractivity contribution in [1.29, 1.82) is 0 Å². The van der Waals surface area contributed by atoms with Crippen LogP contribution in [0.15, 0.2) is 70.9 Å². The first kappa shape index (κ1) is 22.2. The van der Waals surface area contributed by atoms with Crippen LogP contribution in [0.1, 0.15) is 40.9 Å². The molecule has 4 rings (SSSR count). The summed E-state index contributed by atoms with van der Waals surface area (Å²) in [5.74, 6) is 1.53. The highest BCUT2D eigenvalue weighted by atomic mass is 79.9. The molecule has 0 fully saturated rings. The third-order valence-corrected chi connectivity index (χ3v) is 6.19. The molecule has 3 aromatic rings. The van der Waals surface area contributed by atoms with Crippen LogP contribution in [0.5, 0.6) is 11.5 Å². The van der Waals surface area contributed by atoms with Gasteiger partial charge in [-0.1, -0.05) is 40.2 Å². The largest absolute Gasteiger partial charge is 0.488 e. The molecule has 1 heterocycles. The zero-order valence-electron chi connectivity index (χ0n) is 18.5. The molecule has 0 spiro atoms. The first-order valence-electron chi connectivity index (χ1n) is 10.8. The highest BCUT2D eigenvalue weighted by Crippen LogP contribution is 2.39. The van der Waals surface area contributed by atoms with E-state index in [0.717, 1.165) is 34.3 Å². The third kappa shape index (κ3) is 4.58. The van der Waals surface area contributed by atoms with Crippen LogP contribution in [0, 0.1) is 6.92 Å². The Morgan fingerprint density at radius 2 is 1.66 bits per heavy atom. The number of carbonyl (C=O) groups excluding carboxylic acids is 1. The number of Topliss-reactive ketones (excluding diaryl/α,β-unsaturated/α-hetero) is 1. The molecular formula is C27H26BrNO3. The molecule has 0 radical (unpaired) electrons. The Hall–Kier alpha value is -3.05. The van der Waals surface area contributed by atoms with E-state index in [9.17, 15) is 4.79 Å². The molecule has 5 heteroatoms. The standard InChI is InChI=1S/C27H26BrNO3/c1-4-29(5-2)22-12-8-19(9-13-22)16-25-26(30)23-14-15-24(18(3)27(23)32-25)31-17-20-6-10-21(28)11-7-20/h6-16H,4-5,17H2,1-3H3/b25-16-. The van der Waals surface area contributed by atoms with Crippen LogP contribution in [0.25, 0.3) is 6.08 Å². The van der Waals surface area contributed by atoms with Crippen molar-refractivity contribution in [2.24, 2.45) is 0 Å². The van der Waals surface area contributed by atoms with Crippen LogP contribution < -0.4 is 14.4 Å². The zero-order valence-corrected chi connectivity index (χ0v) is 20.1. The number of anilines is 1. The van der Waals surface area contributed by atoms with Gasteiger partial charge in [0.15, 0.2) is 5.76 Å². The summed E-state index contributed by atoms with van der Waals surface area (Å²) >= 11 is 3.44. The van der Waals surface area contributed by atoms with Gasteiger partial charge in [-0.25, -0.2) is 0 Å². The quantitative estimate of drug-likeness (QED) is 0.340. The fraction of sp³-hybridized carbons (Fsp3) is 0.222. The van der Waals surface area contributed by atoms with E-state index in [4.69, 9.17) is 9.47 Å². The predicted octanol–water partition coefficient (Wildman–Crippen LogP) is 6.80. The molecule has 0 N–H and O–H groups in total. The monoisotopic (exact) mass is 491 g/mol. The lowest BCUT2D eigenvalue weighted by molar-refractivity contribution is 0.101. The number of nitrogens with zero attached hydrogens (tertiary/aromatic N) is 1. The lowest BCUT2D eigenvalue weighted by Crippen LogP contribution is -2.21. The molecule has 0 saturated heterocycles. The average Bonchev–Trinajstić information content (AvgIpc) is 3.12. The van der Waals surface area contributed by atoms with Gasteiger partial charge in [0.2, 0.25) is 5.78 Å². The number of ketones is 1. The molecule has 0 aromatic heterocycles. The number of allylic oxidation sites excluding steroid dienone is 1. The maximum atomic E-state index is 12.9. The summed E-state index contributed by atoms with van der Waals surface area (Å²) in [6, 6.07) is 19.8. The molecule has 32 heavy (non-hydrogen) atoms. The molecule has 0 unspecified atom stereocenters. The minimum atomic E-state index is -0.102. The SMILES string of the molecule is CCN(CC)c1ccc(/C=C2\Oc3c(ccc(OCc4ccc(Br)cc4)c3C)C2=O)cc1. The van der Waals surface area contributed by atoms with Crippen LogP contribution >= 0.6 is 15.9 Å². The number of hydrogen-bond acceptors (Lipinski definition) is 4. The van der Waals surface area contributed by atoms with Crippen LogP contribution in [0.2, 0.25) is 0 Å². The van der Waals surface area contributed by atoms with Gasteiger partial charge in [0.25, 0.3) is 0 Å². The summed E-state index contributed by atoms with van der Waals surface area (Å²) in [7, 11) is 0. The zero-order chi connectivity index (χ0) is 22.7. The number of ether oxygens (including phenoxy) is 2. The first-order chi connectivity index (χ1) is 15.5. The molecular weight excluding hydrogens is 466 g/mol. The first-order valence-corrected chi connectivity index (χ1v) is 11.6. The van der Waals surface area contributed by atoms with Gasteiger partial charge in [-0.15, -0.1) is 0 Å². The van der Waals surface area contributed by atoms with E-state index >= 15 is 0 Å². The van der Waals surface area contributed by atoms with Crippen molar-refractivity contribution in [2.45, 2.75) is 27.4 Å². The highest BCUT2D eigenvalue weighted by molar-refractivity contribution is 9.10. The lowest BCUT2D eigenvalue weighted by Gasteiger charge is -2.20. The molecule has 0 atom stereocenters. The number of fused-ring (bicyclic) bond motifs is 1. The number of halogens is 1. The molecule has 1 aliphatic rings. The fourth-order valence-corrected chi connectivity index (χ4v) is 4.05. The predicted molar refractivity (Wildman–Crippen MR) is 133 cm³/mol. The van der Waals surface area contributed by atoms with Crippen LogP contribution in [0.4, 0.5) is 5.69 Å². The van der Waals surface area contributed by atoms with E-state index in [1.54, 1.807) is 12.1 Å². The van der Waals surface area contributed by atoms with Gasteiger partial charge < -0.3 is 14.4 Å². The highest BCUT2D eigenvalue weighted by Gasteiger charge is 2.30. The third-order valence-electron chi connectivity index (χ3n) is 5.66. The molecule has 3 aromatic carbocycles. The van der Waals surface area contributed by atoms with Gasteiger partial charge >= 0.3 is 0 Å². The summed E-state index contributed by atoms with van der Waals surface area (Å²) in [6.45, 7) is 8.56. The second-order valence-electron chi connectivity index (χ2n) is 7.68. The number of carbonyl (C=O) groups is 1. The second-order valence-corrected chi connectivity index (χ2v) is 8.60. The molecule has 0 aliphatic carbocycles. The maximum absolute atomic E-state index is 12.9. The molecule has 4 nitrogen and oxygen atoms in total. The lowest BCUT2D eigenvalue weighted by atomic mass is 10.1. The summed E-state index contributed by atoms with van der Waals surface area (Å²) < 4.78 is 13.0. The van der Waals surface area contributed by atoms with Crippen molar-refractivity contribution in [1.82, 2.24) is 0 Å². The van der Waals surface area contributed by atoms with Crippen molar-refractivity contribution >= 4 is 33.5 Å². The van der Waals surface area contributed by atoms with E-state index in [1.165, 1.54) is 5.69 Å². The van der Waals surface area contributed by atoms with E-state index in [-0.39, 0.29) is 5.78 Å². The van der Waals surface area contributed by atoms with Crippen molar-refractivity contribution in [2.75, 3.05) is 18.0 Å². The molecule has 164 valence electrons. The number of rotatable bonds is 7. The van der Waals surface area contributed by atoms with Gasteiger partial charge in [0.1, 0.15) is 18.1 Å². The van der Waals surface area contributed by atoms with E-state index in [2.05, 4.69) is 46.8 Å². The fourth-order valence-electron chi connectivity index (χ4n) is 3.79. The Labute approximate surface area is 197 Å². The van der Waals surface area contributed by atoms with Gasteiger partial charge in [-0.3, -0.25) is 4.79 Å². The van der Waals surface area contributed by atoms with Gasteiger partial charge in [-0.05, 0) is 74.4 Å². The molecule has 0 saturated carbocycles. The molecule has 0 bridgehead atoms. The normalized spacial score (nSPS) is 13.8. The van der Waals surface area contributed by atoms with E-state index in [0.29, 0.717) is 29.4 Å². The number of hydrogen-bond donors (Lipinski definition) is 0. The van der Waals surface area contributed by atoms with Gasteiger partial charge in [-0.2, -0.15) is 0 Å². The van der Waals surface area contributed by atoms with Gasteiger partial charge in [0, 0.05) is 28.8 Å². The maximum Gasteiger partial charge on any atom is 0.231 e. The topological polar surface area (TPSA) is 38.8 Å². The second kappa shape index (κ2) is 9.61. The minimum Gasteiger partial charge on any atom is -0.488 e. The Balaban J connectivity index is 1.51. The van der Waals surface area contributed by atoms with E-state index in [1.807, 2.05) is 49.4 Å². The van der Waals surface area contributed by atoms with Crippen molar-refractivity contribution in [3.63, 3.8) is 0 Å². The molecule has 0 amide bonds. The summed E-state index contributed by atoms with van der Waals surface area (Å²) in [5, 5.41) is 0. The van der Waals surface area contributed by atoms with Crippen molar-refractivity contribution in [3.8, 4) is 11.5 Å². The van der Waals surface area contributed by atoms with Crippen LogP contribution in [-0.4, -0.2) is 18.9 Å². The van der Waals surface area contributed by atoms with Crippen LogP contribution in [0.3, 0.4) is 0 Å². The average molecular weight is 492 g/mol. The Morgan fingerprint density at radius 3 is 2.31 bits per heavy atom. The van der Waals surface area contributed by atoms with Gasteiger partial charge in [0.05, 0.1) is 5.56 Å². The van der Waals surface area contributed by atoms with Crippen LogP contribution in [-0.2, 0) is 6.61 Å². The Morgan fingerprint density at radius 1 is 0.969 bits per heavy atom. The van der Waals surface area contributed by atoms with E-state index < -0.39 is 0 Å². The summed E-state index contributed by atoms with van der Waals surface area (Å²) in [6.07, 6.45) is 1.80.